The number of aliphatic imine (C=N–C) groups is 1. The summed E-state index contributed by atoms with van der Waals surface area (Å²) in [4.78, 5) is 12.8. The third-order valence-electron chi connectivity index (χ3n) is 5.54. The van der Waals surface area contributed by atoms with Crippen molar-refractivity contribution in [1.29, 1.82) is 0 Å². The Kier molecular flexibility index (Phi) is 3.96. The molecule has 0 radical (unpaired) electrons. The molecule has 142 valence electrons. The van der Waals surface area contributed by atoms with Crippen LogP contribution in [0.2, 0.25) is 1.41 Å². The molecule has 0 amide bonds. The fourth-order valence-electron chi connectivity index (χ4n) is 4.08. The van der Waals surface area contributed by atoms with Crippen molar-refractivity contribution < 1.29 is 15.4 Å². The van der Waals surface area contributed by atoms with Crippen LogP contribution in [0.3, 0.4) is 0 Å². The molecule has 6 nitrogen and oxygen atoms in total. The van der Waals surface area contributed by atoms with E-state index in [1.54, 1.807) is 12.1 Å². The summed E-state index contributed by atoms with van der Waals surface area (Å²) in [6.07, 6.45) is 4.56. The van der Waals surface area contributed by atoms with E-state index in [0.717, 1.165) is 24.2 Å². The fourth-order valence-corrected chi connectivity index (χ4v) is 4.08. The summed E-state index contributed by atoms with van der Waals surface area (Å²) >= 11 is 0. The Labute approximate surface area is 159 Å². The number of nitrogens with one attached hydrogen (secondary N) is 2. The first-order valence-electron chi connectivity index (χ1n) is 10.0. The van der Waals surface area contributed by atoms with Crippen LogP contribution in [-0.2, 0) is 9.57 Å². The molecule has 1 saturated heterocycles. The Morgan fingerprint density at radius 2 is 1.89 bits per heavy atom. The van der Waals surface area contributed by atoms with E-state index in [2.05, 4.69) is 10.4 Å². The van der Waals surface area contributed by atoms with Crippen molar-refractivity contribution >= 4 is 5.84 Å². The number of morpholine rings is 1. The van der Waals surface area contributed by atoms with Crippen LogP contribution in [0.25, 0.3) is 0 Å². The number of hydroxylamine groups is 1. The molecular formula is C20H23FN4O2. The van der Waals surface area contributed by atoms with E-state index < -0.39 is 0 Å². The highest BCUT2D eigenvalue weighted by Gasteiger charge is 2.36. The van der Waals surface area contributed by atoms with Gasteiger partial charge in [0.25, 0.3) is 0 Å². The number of fused-ring (bicyclic) bond motifs is 1. The molecule has 7 heteroatoms. The molecule has 1 saturated carbocycles. The predicted octanol–water partition coefficient (Wildman–Crippen LogP) is 2.61. The summed E-state index contributed by atoms with van der Waals surface area (Å²) < 4.78 is 27.7. The lowest BCUT2D eigenvalue weighted by molar-refractivity contribution is 0.0478. The number of allylic oxidation sites excluding steroid dienone is 1. The van der Waals surface area contributed by atoms with Gasteiger partial charge in [-0.2, -0.15) is 0 Å². The maximum atomic E-state index is 13.4. The van der Waals surface area contributed by atoms with Crippen LogP contribution in [-0.4, -0.2) is 37.0 Å². The minimum absolute atomic E-state index is 0.307. The van der Waals surface area contributed by atoms with E-state index in [4.69, 9.17) is 16.0 Å². The molecule has 0 bridgehead atoms. The first kappa shape index (κ1) is 15.5. The summed E-state index contributed by atoms with van der Waals surface area (Å²) in [5, 5.41) is 1.33. The lowest BCUT2D eigenvalue weighted by atomic mass is 10.0. The summed E-state index contributed by atoms with van der Waals surface area (Å²) in [6, 6.07) is 6.12. The van der Waals surface area contributed by atoms with Gasteiger partial charge < -0.3 is 19.8 Å². The molecule has 5 rings (SSSR count). The second kappa shape index (κ2) is 6.88. The van der Waals surface area contributed by atoms with Gasteiger partial charge >= 0.3 is 0 Å². The summed E-state index contributed by atoms with van der Waals surface area (Å²) in [5.74, 6) is 1.84. The Balaban J connectivity index is 1.62. The van der Waals surface area contributed by atoms with Gasteiger partial charge in [-0.15, -0.1) is 0 Å². The van der Waals surface area contributed by atoms with Gasteiger partial charge in [0.15, 0.2) is 7.23 Å². The molecule has 3 heterocycles. The van der Waals surface area contributed by atoms with Gasteiger partial charge in [0.2, 0.25) is 5.76 Å². The van der Waals surface area contributed by atoms with E-state index in [1.165, 1.54) is 30.3 Å². The molecule has 0 aromatic heterocycles. The minimum atomic E-state index is -0.307. The van der Waals surface area contributed by atoms with E-state index in [9.17, 15) is 4.39 Å². The minimum Gasteiger partial charge on any atom is -0.378 e. The Hall–Kier alpha value is -2.54. The summed E-state index contributed by atoms with van der Waals surface area (Å²) in [7, 11) is 0. The van der Waals surface area contributed by atoms with Gasteiger partial charge in [-0.1, -0.05) is 12.8 Å². The fraction of sp³-hybridized carbons (Fsp3) is 0.450. The van der Waals surface area contributed by atoms with Crippen LogP contribution in [0.5, 0.6) is 0 Å². The average Bonchev–Trinajstić information content (AvgIpc) is 3.40. The van der Waals surface area contributed by atoms with Crippen LogP contribution < -0.4 is 10.8 Å². The number of ether oxygens (including phenoxy) is 1. The number of benzene rings is 1. The molecule has 0 spiro atoms. The molecule has 4 aliphatic rings. The maximum absolute atomic E-state index is 13.4. The molecule has 2 N–H and O–H groups in total. The highest BCUT2D eigenvalue weighted by molar-refractivity contribution is 6.01. The first-order chi connectivity index (χ1) is 13.7. The second-order valence-corrected chi connectivity index (χ2v) is 7.25. The summed E-state index contributed by atoms with van der Waals surface area (Å²) in [6.45, 7) is 2.69. The zero-order valence-electron chi connectivity index (χ0n) is 16.1. The highest BCUT2D eigenvalue weighted by atomic mass is 19.1. The predicted molar refractivity (Wildman–Crippen MR) is 98.7 cm³/mol. The van der Waals surface area contributed by atoms with Crippen molar-refractivity contribution in [2.24, 2.45) is 10.9 Å². The van der Waals surface area contributed by atoms with Crippen molar-refractivity contribution in [3.8, 4) is 0 Å². The number of rotatable bonds is 3. The van der Waals surface area contributed by atoms with E-state index in [1.807, 2.05) is 0 Å². The van der Waals surface area contributed by atoms with Crippen LogP contribution >= 0.6 is 0 Å². The van der Waals surface area contributed by atoms with Crippen LogP contribution in [0, 0.1) is 11.7 Å². The molecule has 3 aliphatic heterocycles. The standard InChI is InChI=1S/C20H23FN4O2/c21-15-7-5-14(6-8-15)19-22-17-16(13-3-1-2-4-13)24-27-18(17)20(23-19)25-9-11-26-12-10-25/h5-8,13,24H,1-4,9-12H2,(H,22,23)/i/hD. The average molecular weight is 371 g/mol. The third kappa shape index (κ3) is 3.06. The van der Waals surface area contributed by atoms with Gasteiger partial charge in [0.05, 0.1) is 18.9 Å². The number of halogens is 1. The van der Waals surface area contributed by atoms with Crippen molar-refractivity contribution in [2.45, 2.75) is 25.7 Å². The highest BCUT2D eigenvalue weighted by Crippen LogP contribution is 2.38. The molecule has 1 aliphatic carbocycles. The zero-order valence-corrected chi connectivity index (χ0v) is 15.1. The quantitative estimate of drug-likeness (QED) is 0.855. The van der Waals surface area contributed by atoms with Gasteiger partial charge in [-0.05, 0) is 37.1 Å². The summed E-state index contributed by atoms with van der Waals surface area (Å²) in [5.41, 5.74) is 5.48. The third-order valence-corrected chi connectivity index (χ3v) is 5.54. The zero-order chi connectivity index (χ0) is 19.1. The first-order valence-corrected chi connectivity index (χ1v) is 9.60. The smallest absolute Gasteiger partial charge is 0.222 e. The van der Waals surface area contributed by atoms with Gasteiger partial charge in [-0.3, -0.25) is 0 Å². The molecule has 0 atom stereocenters. The van der Waals surface area contributed by atoms with Crippen molar-refractivity contribution in [2.75, 3.05) is 26.3 Å². The lowest BCUT2D eigenvalue weighted by Crippen LogP contribution is -2.39. The van der Waals surface area contributed by atoms with Gasteiger partial charge in [0, 0.05) is 24.6 Å². The van der Waals surface area contributed by atoms with Gasteiger partial charge in [0.1, 0.15) is 17.3 Å². The van der Waals surface area contributed by atoms with E-state index in [-0.39, 0.29) is 5.82 Å². The molecule has 2 fully saturated rings. The maximum Gasteiger partial charge on any atom is 0.222 e. The van der Waals surface area contributed by atoms with Crippen molar-refractivity contribution in [3.05, 3.63) is 58.6 Å². The molecule has 0 unspecified atom stereocenters. The van der Waals surface area contributed by atoms with E-state index >= 15 is 0 Å². The van der Waals surface area contributed by atoms with Crippen molar-refractivity contribution in [3.63, 3.8) is 0 Å². The number of hydrogen-bond acceptors (Lipinski definition) is 6. The Morgan fingerprint density at radius 1 is 1.15 bits per heavy atom. The second-order valence-electron chi connectivity index (χ2n) is 7.25. The molecular weight excluding hydrogens is 347 g/mol. The molecule has 1 aromatic carbocycles. The number of amidine groups is 1. The van der Waals surface area contributed by atoms with E-state index in [0.29, 0.717) is 55.2 Å². The lowest BCUT2D eigenvalue weighted by Gasteiger charge is -2.31. The number of nitrogens with zero attached hydrogens (tertiary/aromatic N) is 2. The van der Waals surface area contributed by atoms with Crippen LogP contribution in [0.4, 0.5) is 4.39 Å². The molecule has 1 aromatic rings. The largest absolute Gasteiger partial charge is 0.378 e. The normalized spacial score (nSPS) is 23.9. The Morgan fingerprint density at radius 3 is 2.63 bits per heavy atom. The van der Waals surface area contributed by atoms with Crippen LogP contribution in [0.1, 0.15) is 31.2 Å². The van der Waals surface area contributed by atoms with Gasteiger partial charge in [-0.25, -0.2) is 14.9 Å². The number of hydrogen-bond donors (Lipinski definition) is 2. The SMILES string of the molecule is [2H]N1C(c2ccc(F)cc2)=NC(N2CCOCC2)=C2ONC(C3CCCC3)=C21. The Bertz CT molecular complexity index is 855. The van der Waals surface area contributed by atoms with Crippen molar-refractivity contribution in [1.82, 2.24) is 15.7 Å². The molecule has 27 heavy (non-hydrogen) atoms. The topological polar surface area (TPSA) is 58.1 Å². The monoisotopic (exact) mass is 371 g/mol. The van der Waals surface area contributed by atoms with Crippen LogP contribution in [0.15, 0.2) is 52.2 Å².